The molecule has 0 bridgehead atoms. The highest BCUT2D eigenvalue weighted by atomic mass is 16.7. The molecule has 1 saturated carbocycles. The van der Waals surface area contributed by atoms with Crippen LogP contribution >= 0.6 is 0 Å². The van der Waals surface area contributed by atoms with Gasteiger partial charge in [-0.05, 0) is 43.0 Å². The summed E-state index contributed by atoms with van der Waals surface area (Å²) in [5.74, 6) is 1.53. The summed E-state index contributed by atoms with van der Waals surface area (Å²) in [5, 5.41) is 0. The number of hydrogen-bond donors (Lipinski definition) is 1. The minimum atomic E-state index is -0.608. The van der Waals surface area contributed by atoms with E-state index < -0.39 is 5.54 Å². The first kappa shape index (κ1) is 12.9. The van der Waals surface area contributed by atoms with Crippen LogP contribution in [0.3, 0.4) is 0 Å². The number of fused-ring (bicyclic) bond motifs is 1. The molecule has 4 nitrogen and oxygen atoms in total. The van der Waals surface area contributed by atoms with E-state index in [2.05, 4.69) is 0 Å². The molecule has 1 aliphatic heterocycles. The van der Waals surface area contributed by atoms with Gasteiger partial charge in [0.2, 0.25) is 6.79 Å². The number of nitrogens with two attached hydrogens (primary N) is 1. The summed E-state index contributed by atoms with van der Waals surface area (Å²) >= 11 is 0. The van der Waals surface area contributed by atoms with Gasteiger partial charge in [0, 0.05) is 0 Å². The van der Waals surface area contributed by atoms with Crippen molar-refractivity contribution in [1.82, 2.24) is 0 Å². The Morgan fingerprint density at radius 2 is 2.00 bits per heavy atom. The lowest BCUT2D eigenvalue weighted by atomic mass is 9.74. The van der Waals surface area contributed by atoms with Crippen LogP contribution in [0, 0.1) is 0 Å². The molecule has 0 aromatic heterocycles. The molecule has 1 aromatic rings. The second-order valence-electron chi connectivity index (χ2n) is 5.20. The predicted molar refractivity (Wildman–Crippen MR) is 76.5 cm³/mol. The van der Waals surface area contributed by atoms with Gasteiger partial charge in [0.25, 0.3) is 0 Å². The van der Waals surface area contributed by atoms with E-state index >= 15 is 0 Å². The van der Waals surface area contributed by atoms with E-state index in [1.165, 1.54) is 0 Å². The maximum absolute atomic E-state index is 11.8. The first-order chi connectivity index (χ1) is 9.67. The van der Waals surface area contributed by atoms with Gasteiger partial charge in [0.1, 0.15) is 0 Å². The second-order valence-corrected chi connectivity index (χ2v) is 5.20. The van der Waals surface area contributed by atoms with Crippen LogP contribution in [0.5, 0.6) is 11.5 Å². The van der Waals surface area contributed by atoms with Crippen molar-refractivity contribution in [2.45, 2.75) is 24.8 Å². The minimum absolute atomic E-state index is 0.0130. The monoisotopic (exact) mass is 271 g/mol. The second kappa shape index (κ2) is 5.13. The van der Waals surface area contributed by atoms with E-state index in [-0.39, 0.29) is 12.6 Å². The van der Waals surface area contributed by atoms with Crippen molar-refractivity contribution in [3.63, 3.8) is 0 Å². The smallest absolute Gasteiger partial charge is 0.231 e. The molecule has 20 heavy (non-hydrogen) atoms. The number of carbonyl (C=O) groups is 1. The number of carbonyl (C=O) groups excluding carboxylic acids is 1. The van der Waals surface area contributed by atoms with Gasteiger partial charge >= 0.3 is 0 Å². The van der Waals surface area contributed by atoms with Crippen LogP contribution in [0.2, 0.25) is 0 Å². The number of benzene rings is 1. The van der Waals surface area contributed by atoms with Crippen molar-refractivity contribution in [1.29, 1.82) is 0 Å². The fourth-order valence-electron chi connectivity index (χ4n) is 2.30. The molecule has 3 rings (SSSR count). The number of ketones is 1. The molecule has 0 atom stereocenters. The molecule has 0 spiro atoms. The first-order valence-corrected chi connectivity index (χ1v) is 6.75. The zero-order valence-electron chi connectivity index (χ0n) is 11.2. The van der Waals surface area contributed by atoms with Gasteiger partial charge in [0.15, 0.2) is 17.3 Å². The molecule has 1 fully saturated rings. The molecule has 4 heteroatoms. The molecule has 2 aliphatic rings. The van der Waals surface area contributed by atoms with E-state index in [4.69, 9.17) is 15.2 Å². The van der Waals surface area contributed by atoms with Gasteiger partial charge in [-0.25, -0.2) is 0 Å². The molecule has 0 saturated heterocycles. The first-order valence-electron chi connectivity index (χ1n) is 6.75. The van der Waals surface area contributed by atoms with Crippen LogP contribution in [0.4, 0.5) is 0 Å². The quantitative estimate of drug-likeness (QED) is 0.675. The van der Waals surface area contributed by atoms with Gasteiger partial charge < -0.3 is 15.2 Å². The lowest BCUT2D eigenvalue weighted by Crippen LogP contribution is -2.52. The number of allylic oxidation sites excluding steroid dienone is 2. The average molecular weight is 271 g/mol. The summed E-state index contributed by atoms with van der Waals surface area (Å²) in [6, 6.07) is 5.72. The predicted octanol–water partition coefficient (Wildman–Crippen LogP) is 2.44. The van der Waals surface area contributed by atoms with Gasteiger partial charge in [-0.2, -0.15) is 0 Å². The van der Waals surface area contributed by atoms with Crippen molar-refractivity contribution < 1.29 is 14.3 Å². The third-order valence-corrected chi connectivity index (χ3v) is 3.78. The van der Waals surface area contributed by atoms with Crippen molar-refractivity contribution >= 4 is 11.9 Å². The summed E-state index contributed by atoms with van der Waals surface area (Å²) in [5.41, 5.74) is 6.34. The maximum Gasteiger partial charge on any atom is 0.231 e. The average Bonchev–Trinajstić information content (AvgIpc) is 2.88. The molecule has 104 valence electrons. The largest absolute Gasteiger partial charge is 0.454 e. The molecule has 1 heterocycles. The van der Waals surface area contributed by atoms with Crippen molar-refractivity contribution in [3.05, 3.63) is 42.0 Å². The fourth-order valence-corrected chi connectivity index (χ4v) is 2.30. The zero-order valence-corrected chi connectivity index (χ0v) is 11.2. The molecule has 1 aromatic carbocycles. The van der Waals surface area contributed by atoms with Gasteiger partial charge in [-0.3, -0.25) is 4.79 Å². The topological polar surface area (TPSA) is 61.6 Å². The van der Waals surface area contributed by atoms with Crippen LogP contribution < -0.4 is 15.2 Å². The highest BCUT2D eigenvalue weighted by molar-refractivity contribution is 5.98. The summed E-state index contributed by atoms with van der Waals surface area (Å²) in [4.78, 5) is 11.8. The lowest BCUT2D eigenvalue weighted by Gasteiger charge is -2.35. The Morgan fingerprint density at radius 1 is 1.20 bits per heavy atom. The van der Waals surface area contributed by atoms with E-state index in [1.807, 2.05) is 30.4 Å². The standard InChI is InChI=1S/C16H17NO3/c17-16(8-3-9-16)15(18)5-2-1-4-12-6-7-13-14(10-12)20-11-19-13/h1-2,4-7,10H,3,8-9,11,17H2. The highest BCUT2D eigenvalue weighted by Gasteiger charge is 2.38. The Balaban J connectivity index is 1.61. The van der Waals surface area contributed by atoms with Gasteiger partial charge in [-0.1, -0.05) is 24.3 Å². The Kier molecular flexibility index (Phi) is 3.32. The summed E-state index contributed by atoms with van der Waals surface area (Å²) in [7, 11) is 0. The number of rotatable bonds is 4. The van der Waals surface area contributed by atoms with E-state index in [0.29, 0.717) is 0 Å². The van der Waals surface area contributed by atoms with Crippen LogP contribution in [-0.2, 0) is 4.79 Å². The molecular weight excluding hydrogens is 254 g/mol. The molecular formula is C16H17NO3. The van der Waals surface area contributed by atoms with Crippen molar-refractivity contribution in [2.75, 3.05) is 6.79 Å². The maximum atomic E-state index is 11.8. The third kappa shape index (κ3) is 2.47. The SMILES string of the molecule is NC1(C(=O)C=CC=Cc2ccc3c(c2)OCO3)CCC1. The number of hydrogen-bond acceptors (Lipinski definition) is 4. The summed E-state index contributed by atoms with van der Waals surface area (Å²) in [6.07, 6.45) is 9.67. The van der Waals surface area contributed by atoms with E-state index in [0.717, 1.165) is 36.3 Å². The van der Waals surface area contributed by atoms with Crippen LogP contribution in [0.15, 0.2) is 36.4 Å². The fraction of sp³-hybridized carbons (Fsp3) is 0.312. The lowest BCUT2D eigenvalue weighted by molar-refractivity contribution is -0.122. The highest BCUT2D eigenvalue weighted by Crippen LogP contribution is 2.33. The Bertz CT molecular complexity index is 585. The van der Waals surface area contributed by atoms with E-state index in [1.54, 1.807) is 12.2 Å². The third-order valence-electron chi connectivity index (χ3n) is 3.78. The summed E-state index contributed by atoms with van der Waals surface area (Å²) in [6.45, 7) is 0.273. The normalized spacial score (nSPS) is 19.4. The van der Waals surface area contributed by atoms with Crippen LogP contribution in [0.25, 0.3) is 6.08 Å². The number of ether oxygens (including phenoxy) is 2. The van der Waals surface area contributed by atoms with Crippen molar-refractivity contribution in [3.8, 4) is 11.5 Å². The van der Waals surface area contributed by atoms with Crippen LogP contribution in [0.1, 0.15) is 24.8 Å². The molecule has 0 radical (unpaired) electrons. The Morgan fingerprint density at radius 3 is 2.75 bits per heavy atom. The Labute approximate surface area is 117 Å². The zero-order chi connectivity index (χ0) is 14.0. The van der Waals surface area contributed by atoms with Crippen molar-refractivity contribution in [2.24, 2.45) is 5.73 Å². The summed E-state index contributed by atoms with van der Waals surface area (Å²) < 4.78 is 10.6. The molecule has 0 unspecified atom stereocenters. The van der Waals surface area contributed by atoms with E-state index in [9.17, 15) is 4.79 Å². The molecule has 1 aliphatic carbocycles. The van der Waals surface area contributed by atoms with Crippen LogP contribution in [-0.4, -0.2) is 18.1 Å². The molecule has 0 amide bonds. The Hall–Kier alpha value is -2.07. The van der Waals surface area contributed by atoms with Gasteiger partial charge in [0.05, 0.1) is 5.54 Å². The van der Waals surface area contributed by atoms with Gasteiger partial charge in [-0.15, -0.1) is 0 Å². The molecule has 2 N–H and O–H groups in total. The minimum Gasteiger partial charge on any atom is -0.454 e.